The third-order valence-electron chi connectivity index (χ3n) is 2.72. The van der Waals surface area contributed by atoms with E-state index in [1.165, 1.54) is 0 Å². The second kappa shape index (κ2) is 5.76. The molecule has 0 aliphatic rings. The first-order valence-corrected chi connectivity index (χ1v) is 8.07. The van der Waals surface area contributed by atoms with E-state index < -0.39 is 26.7 Å². The summed E-state index contributed by atoms with van der Waals surface area (Å²) in [6.45, 7) is 1.66. The van der Waals surface area contributed by atoms with Crippen LogP contribution >= 0.6 is 11.3 Å². The Balaban J connectivity index is 2.27. The van der Waals surface area contributed by atoms with Gasteiger partial charge in [0.2, 0.25) is 0 Å². The van der Waals surface area contributed by atoms with Crippen LogP contribution in [0, 0.1) is 10.1 Å². The number of anilines is 1. The minimum atomic E-state index is -3.88. The molecule has 0 saturated carbocycles. The molecule has 3 N–H and O–H groups in total. The highest BCUT2D eigenvalue weighted by molar-refractivity contribution is 7.91. The second-order valence-corrected chi connectivity index (χ2v) is 7.22. The zero-order chi connectivity index (χ0) is 15.6. The van der Waals surface area contributed by atoms with Crippen LogP contribution in [0.25, 0.3) is 0 Å². The number of thiophene rings is 1. The van der Waals surface area contributed by atoms with E-state index in [4.69, 9.17) is 5.73 Å². The van der Waals surface area contributed by atoms with Crippen molar-refractivity contribution in [2.24, 2.45) is 0 Å². The summed E-state index contributed by atoms with van der Waals surface area (Å²) in [5.74, 6) is 0. The number of sulfonamides is 1. The Kier molecular flexibility index (Phi) is 4.21. The molecule has 2 heterocycles. The predicted molar refractivity (Wildman–Crippen MR) is 78.4 cm³/mol. The van der Waals surface area contributed by atoms with Crippen molar-refractivity contribution < 1.29 is 13.3 Å². The monoisotopic (exact) mass is 328 g/mol. The lowest BCUT2D eigenvalue weighted by atomic mass is 10.1. The van der Waals surface area contributed by atoms with E-state index in [9.17, 15) is 18.5 Å². The van der Waals surface area contributed by atoms with Gasteiger partial charge in [-0.25, -0.2) is 13.1 Å². The molecule has 2 aromatic rings. The number of nitrogen functional groups attached to an aromatic ring is 1. The van der Waals surface area contributed by atoms with Gasteiger partial charge in [-0.15, -0.1) is 0 Å². The number of nitro groups is 1. The second-order valence-electron chi connectivity index (χ2n) is 4.20. The summed E-state index contributed by atoms with van der Waals surface area (Å²) in [6, 6.07) is 3.82. The summed E-state index contributed by atoms with van der Waals surface area (Å²) in [7, 11) is -3.88. The minimum absolute atomic E-state index is 0.142. The lowest BCUT2D eigenvalue weighted by Gasteiger charge is -2.13. The van der Waals surface area contributed by atoms with Crippen LogP contribution < -0.4 is 10.5 Å². The molecule has 2 aromatic heterocycles. The van der Waals surface area contributed by atoms with Crippen molar-refractivity contribution in [3.05, 3.63) is 46.3 Å². The molecular weight excluding hydrogens is 316 g/mol. The molecule has 1 unspecified atom stereocenters. The average Bonchev–Trinajstić information content (AvgIpc) is 2.82. The van der Waals surface area contributed by atoms with Gasteiger partial charge in [-0.05, 0) is 24.6 Å². The van der Waals surface area contributed by atoms with Crippen LogP contribution in [0.15, 0.2) is 34.8 Å². The Morgan fingerprint density at radius 2 is 2.05 bits per heavy atom. The van der Waals surface area contributed by atoms with E-state index in [0.29, 0.717) is 11.3 Å². The average molecular weight is 328 g/mol. The number of hydrogen-bond donors (Lipinski definition) is 2. The van der Waals surface area contributed by atoms with Gasteiger partial charge in [0.15, 0.2) is 5.00 Å². The first-order valence-electron chi connectivity index (χ1n) is 5.77. The molecule has 0 aromatic carbocycles. The van der Waals surface area contributed by atoms with Crippen LogP contribution in [0.3, 0.4) is 0 Å². The third kappa shape index (κ3) is 3.35. The fraction of sp³-hybridized carbons (Fsp3) is 0.182. The number of nitrogens with zero attached hydrogens (tertiary/aromatic N) is 2. The van der Waals surface area contributed by atoms with Crippen molar-refractivity contribution in [3.63, 3.8) is 0 Å². The van der Waals surface area contributed by atoms with Gasteiger partial charge >= 0.3 is 5.69 Å². The SMILES string of the molecule is CC(NS(=O)(=O)c1cc([N+](=O)[O-])c(N)s1)c1ccncc1. The van der Waals surface area contributed by atoms with Gasteiger partial charge in [-0.2, -0.15) is 0 Å². The van der Waals surface area contributed by atoms with Crippen LogP contribution in [-0.2, 0) is 10.0 Å². The van der Waals surface area contributed by atoms with Gasteiger partial charge in [0.1, 0.15) is 4.21 Å². The molecule has 0 amide bonds. The number of hydrogen-bond acceptors (Lipinski definition) is 7. The summed E-state index contributed by atoms with van der Waals surface area (Å²) in [6.07, 6.45) is 3.10. The minimum Gasteiger partial charge on any atom is -0.385 e. The van der Waals surface area contributed by atoms with Crippen LogP contribution in [0.5, 0.6) is 0 Å². The molecular formula is C11H12N4O4S2. The zero-order valence-electron chi connectivity index (χ0n) is 10.9. The lowest BCUT2D eigenvalue weighted by Crippen LogP contribution is -2.26. The van der Waals surface area contributed by atoms with E-state index >= 15 is 0 Å². The Morgan fingerprint density at radius 1 is 1.43 bits per heavy atom. The van der Waals surface area contributed by atoms with Gasteiger partial charge < -0.3 is 5.73 Å². The van der Waals surface area contributed by atoms with E-state index in [1.54, 1.807) is 31.5 Å². The first kappa shape index (κ1) is 15.4. The highest BCUT2D eigenvalue weighted by Gasteiger charge is 2.26. The fourth-order valence-electron chi connectivity index (χ4n) is 1.66. The van der Waals surface area contributed by atoms with Gasteiger partial charge in [0, 0.05) is 24.5 Å². The highest BCUT2D eigenvalue weighted by atomic mass is 32.2. The molecule has 0 spiro atoms. The molecule has 0 fully saturated rings. The molecule has 0 saturated heterocycles. The maximum absolute atomic E-state index is 12.2. The Labute approximate surface area is 124 Å². The molecule has 0 radical (unpaired) electrons. The topological polar surface area (TPSA) is 128 Å². The van der Waals surface area contributed by atoms with Crippen molar-refractivity contribution in [3.8, 4) is 0 Å². The Bertz CT molecular complexity index is 758. The standard InChI is InChI=1S/C11H12N4O4S2/c1-7(8-2-4-13-5-3-8)14-21(18,19)10-6-9(15(16)17)11(12)20-10/h2-7,14H,12H2,1H3. The molecule has 0 aliphatic heterocycles. The summed E-state index contributed by atoms with van der Waals surface area (Å²) in [4.78, 5) is 13.9. The highest BCUT2D eigenvalue weighted by Crippen LogP contribution is 2.34. The normalized spacial score (nSPS) is 13.0. The van der Waals surface area contributed by atoms with Crippen LogP contribution in [0.1, 0.15) is 18.5 Å². The van der Waals surface area contributed by atoms with Crippen molar-refractivity contribution in [2.45, 2.75) is 17.2 Å². The van der Waals surface area contributed by atoms with E-state index in [1.807, 2.05) is 0 Å². The molecule has 10 heteroatoms. The lowest BCUT2D eigenvalue weighted by molar-refractivity contribution is -0.383. The van der Waals surface area contributed by atoms with Crippen molar-refractivity contribution in [1.82, 2.24) is 9.71 Å². The zero-order valence-corrected chi connectivity index (χ0v) is 12.5. The van der Waals surface area contributed by atoms with Gasteiger partial charge in [-0.3, -0.25) is 15.1 Å². The maximum Gasteiger partial charge on any atom is 0.304 e. The molecule has 8 nitrogen and oxygen atoms in total. The molecule has 0 aliphatic carbocycles. The van der Waals surface area contributed by atoms with Crippen molar-refractivity contribution in [1.29, 1.82) is 0 Å². The quantitative estimate of drug-likeness (QED) is 0.634. The van der Waals surface area contributed by atoms with Gasteiger partial charge in [0.25, 0.3) is 10.0 Å². The smallest absolute Gasteiger partial charge is 0.304 e. The number of aromatic nitrogens is 1. The summed E-state index contributed by atoms with van der Waals surface area (Å²) < 4.78 is 26.7. The predicted octanol–water partition coefficient (Wildman–Crippen LogP) is 1.67. The first-order chi connectivity index (χ1) is 9.81. The Hall–Kier alpha value is -2.04. The van der Waals surface area contributed by atoms with E-state index in [0.717, 1.165) is 11.6 Å². The summed E-state index contributed by atoms with van der Waals surface area (Å²) >= 11 is 0.660. The van der Waals surface area contributed by atoms with Gasteiger partial charge in [-0.1, -0.05) is 11.3 Å². The number of pyridine rings is 1. The largest absolute Gasteiger partial charge is 0.385 e. The number of nitrogens with two attached hydrogens (primary N) is 1. The molecule has 2 rings (SSSR count). The van der Waals surface area contributed by atoms with E-state index in [2.05, 4.69) is 9.71 Å². The fourth-order valence-corrected chi connectivity index (χ4v) is 4.12. The number of nitrogens with one attached hydrogen (secondary N) is 1. The van der Waals surface area contributed by atoms with Crippen molar-refractivity contribution in [2.75, 3.05) is 5.73 Å². The van der Waals surface area contributed by atoms with Crippen LogP contribution in [0.4, 0.5) is 10.7 Å². The van der Waals surface area contributed by atoms with Crippen LogP contribution in [0.2, 0.25) is 0 Å². The molecule has 0 bridgehead atoms. The molecule has 21 heavy (non-hydrogen) atoms. The molecule has 1 atom stereocenters. The number of rotatable bonds is 5. The maximum atomic E-state index is 12.2. The Morgan fingerprint density at radius 3 is 2.57 bits per heavy atom. The molecule has 112 valence electrons. The summed E-state index contributed by atoms with van der Waals surface area (Å²) in [5.41, 5.74) is 5.78. The van der Waals surface area contributed by atoms with Gasteiger partial charge in [0.05, 0.1) is 4.92 Å². The van der Waals surface area contributed by atoms with Crippen LogP contribution in [-0.4, -0.2) is 18.3 Å². The third-order valence-corrected chi connectivity index (χ3v) is 5.68. The van der Waals surface area contributed by atoms with Crippen molar-refractivity contribution >= 4 is 32.0 Å². The summed E-state index contributed by atoms with van der Waals surface area (Å²) in [5, 5.41) is 10.6. The van der Waals surface area contributed by atoms with E-state index in [-0.39, 0.29) is 9.21 Å².